The number of nitrogens with one attached hydrogen (secondary N) is 2. The Morgan fingerprint density at radius 1 is 0.966 bits per heavy atom. The molecule has 2 aromatic rings. The van der Waals surface area contributed by atoms with Crippen LogP contribution in [-0.2, 0) is 20.4 Å². The predicted octanol–water partition coefficient (Wildman–Crippen LogP) is 1.92. The van der Waals surface area contributed by atoms with Crippen LogP contribution in [0, 0.1) is 0 Å². The standard InChI is InChI=1S/C21H27N3O4S/c1-24(2)14-6-13-22-21(26)18-11-9-17(10-12-18)15-29(27,28)16-20(25)23-19-7-4-3-5-8-19/h3-5,7-12H,6,13-16H2,1-2H3,(H,22,26)(H,23,25). The van der Waals surface area contributed by atoms with Crippen LogP contribution < -0.4 is 10.6 Å². The van der Waals surface area contributed by atoms with Crippen molar-refractivity contribution in [3.05, 3.63) is 65.7 Å². The molecular formula is C21H27N3O4S. The maximum Gasteiger partial charge on any atom is 0.251 e. The number of nitrogens with zero attached hydrogens (tertiary/aromatic N) is 1. The van der Waals surface area contributed by atoms with Gasteiger partial charge in [-0.1, -0.05) is 30.3 Å². The van der Waals surface area contributed by atoms with Crippen molar-refractivity contribution < 1.29 is 18.0 Å². The summed E-state index contributed by atoms with van der Waals surface area (Å²) in [7, 11) is 0.314. The summed E-state index contributed by atoms with van der Waals surface area (Å²) in [5, 5.41) is 5.40. The van der Waals surface area contributed by atoms with Crippen LogP contribution in [0.3, 0.4) is 0 Å². The average Bonchev–Trinajstić information content (AvgIpc) is 2.65. The summed E-state index contributed by atoms with van der Waals surface area (Å²) in [5.41, 5.74) is 1.55. The number of carbonyl (C=O) groups is 2. The van der Waals surface area contributed by atoms with Crippen LogP contribution >= 0.6 is 0 Å². The average molecular weight is 418 g/mol. The second-order valence-electron chi connectivity index (χ2n) is 7.06. The molecule has 0 aliphatic heterocycles. The van der Waals surface area contributed by atoms with Crippen LogP contribution in [0.15, 0.2) is 54.6 Å². The Labute approximate surface area is 172 Å². The number of carbonyl (C=O) groups excluding carboxylic acids is 2. The van der Waals surface area contributed by atoms with Crippen molar-refractivity contribution in [1.82, 2.24) is 10.2 Å². The number of para-hydroxylation sites is 1. The quantitative estimate of drug-likeness (QED) is 0.576. The van der Waals surface area contributed by atoms with E-state index in [2.05, 4.69) is 10.6 Å². The van der Waals surface area contributed by atoms with E-state index >= 15 is 0 Å². The minimum atomic E-state index is -3.63. The Bertz CT molecular complexity index is 911. The third-order valence-electron chi connectivity index (χ3n) is 4.08. The van der Waals surface area contributed by atoms with Gasteiger partial charge >= 0.3 is 0 Å². The molecule has 0 aromatic heterocycles. The van der Waals surface area contributed by atoms with E-state index < -0.39 is 21.5 Å². The van der Waals surface area contributed by atoms with Gasteiger partial charge in [0.1, 0.15) is 5.75 Å². The van der Waals surface area contributed by atoms with Gasteiger partial charge in [0.25, 0.3) is 5.91 Å². The summed E-state index contributed by atoms with van der Waals surface area (Å²) in [4.78, 5) is 26.1. The summed E-state index contributed by atoms with van der Waals surface area (Å²) in [6.07, 6.45) is 0.847. The van der Waals surface area contributed by atoms with Gasteiger partial charge in [-0.3, -0.25) is 9.59 Å². The molecule has 0 radical (unpaired) electrons. The monoisotopic (exact) mass is 417 g/mol. The highest BCUT2D eigenvalue weighted by molar-refractivity contribution is 7.91. The fourth-order valence-electron chi connectivity index (χ4n) is 2.67. The summed E-state index contributed by atoms with van der Waals surface area (Å²) in [6.45, 7) is 1.46. The number of benzene rings is 2. The van der Waals surface area contributed by atoms with Crippen molar-refractivity contribution in [2.75, 3.05) is 38.3 Å². The van der Waals surface area contributed by atoms with Crippen LogP contribution in [0.2, 0.25) is 0 Å². The molecule has 0 saturated heterocycles. The van der Waals surface area contributed by atoms with Crippen molar-refractivity contribution in [3.8, 4) is 0 Å². The van der Waals surface area contributed by atoms with E-state index in [1.807, 2.05) is 19.0 Å². The van der Waals surface area contributed by atoms with Crippen LogP contribution in [0.5, 0.6) is 0 Å². The molecule has 8 heteroatoms. The summed E-state index contributed by atoms with van der Waals surface area (Å²) in [6, 6.07) is 15.1. The Morgan fingerprint density at radius 2 is 1.62 bits per heavy atom. The van der Waals surface area contributed by atoms with Gasteiger partial charge in [0.2, 0.25) is 5.91 Å². The van der Waals surface area contributed by atoms with E-state index in [0.717, 1.165) is 13.0 Å². The van der Waals surface area contributed by atoms with E-state index in [4.69, 9.17) is 0 Å². The first-order chi connectivity index (χ1) is 13.7. The molecule has 2 N–H and O–H groups in total. The van der Waals surface area contributed by atoms with Gasteiger partial charge in [0.05, 0.1) is 5.75 Å². The second-order valence-corrected chi connectivity index (χ2v) is 9.12. The molecule has 2 rings (SSSR count). The molecular weight excluding hydrogens is 390 g/mol. The molecule has 0 fully saturated rings. The van der Waals surface area contributed by atoms with Gasteiger partial charge in [-0.2, -0.15) is 0 Å². The predicted molar refractivity (Wildman–Crippen MR) is 115 cm³/mol. The highest BCUT2D eigenvalue weighted by Crippen LogP contribution is 2.11. The minimum Gasteiger partial charge on any atom is -0.352 e. The highest BCUT2D eigenvalue weighted by atomic mass is 32.2. The van der Waals surface area contributed by atoms with Gasteiger partial charge in [-0.15, -0.1) is 0 Å². The normalized spacial score (nSPS) is 11.3. The lowest BCUT2D eigenvalue weighted by Gasteiger charge is -2.10. The van der Waals surface area contributed by atoms with Gasteiger partial charge in [-0.05, 0) is 56.9 Å². The number of sulfone groups is 1. The van der Waals surface area contributed by atoms with Gasteiger partial charge < -0.3 is 15.5 Å². The molecule has 0 bridgehead atoms. The number of amides is 2. The van der Waals surface area contributed by atoms with Crippen molar-refractivity contribution in [1.29, 1.82) is 0 Å². The van der Waals surface area contributed by atoms with E-state index in [-0.39, 0.29) is 11.7 Å². The van der Waals surface area contributed by atoms with Crippen molar-refractivity contribution in [2.45, 2.75) is 12.2 Å². The lowest BCUT2D eigenvalue weighted by molar-refractivity contribution is -0.113. The lowest BCUT2D eigenvalue weighted by atomic mass is 10.1. The van der Waals surface area contributed by atoms with E-state index in [1.165, 1.54) is 0 Å². The van der Waals surface area contributed by atoms with E-state index in [1.54, 1.807) is 54.6 Å². The van der Waals surface area contributed by atoms with Gasteiger partial charge in [0, 0.05) is 17.8 Å². The van der Waals surface area contributed by atoms with Crippen molar-refractivity contribution >= 4 is 27.3 Å². The second kappa shape index (κ2) is 10.7. The zero-order valence-corrected chi connectivity index (χ0v) is 17.5. The molecule has 0 saturated carbocycles. The lowest BCUT2D eigenvalue weighted by Crippen LogP contribution is -2.27. The number of hydrogen-bond donors (Lipinski definition) is 2. The molecule has 2 aromatic carbocycles. The molecule has 0 aliphatic rings. The molecule has 29 heavy (non-hydrogen) atoms. The molecule has 156 valence electrons. The maximum absolute atomic E-state index is 12.3. The third kappa shape index (κ3) is 8.45. The van der Waals surface area contributed by atoms with Gasteiger partial charge in [-0.25, -0.2) is 8.42 Å². The first kappa shape index (κ1) is 22.6. The topological polar surface area (TPSA) is 95.6 Å². The molecule has 0 spiro atoms. The maximum atomic E-state index is 12.3. The zero-order chi connectivity index (χ0) is 21.3. The summed E-state index contributed by atoms with van der Waals surface area (Å²) >= 11 is 0. The first-order valence-corrected chi connectivity index (χ1v) is 11.1. The summed E-state index contributed by atoms with van der Waals surface area (Å²) in [5.74, 6) is -1.64. The zero-order valence-electron chi connectivity index (χ0n) is 16.7. The van der Waals surface area contributed by atoms with Crippen LogP contribution in [0.25, 0.3) is 0 Å². The fraction of sp³-hybridized carbons (Fsp3) is 0.333. The number of hydrogen-bond acceptors (Lipinski definition) is 5. The van der Waals surface area contributed by atoms with Crippen LogP contribution in [0.4, 0.5) is 5.69 Å². The van der Waals surface area contributed by atoms with Crippen LogP contribution in [-0.4, -0.2) is 58.1 Å². The first-order valence-electron chi connectivity index (χ1n) is 9.32. The van der Waals surface area contributed by atoms with Gasteiger partial charge in [0.15, 0.2) is 9.84 Å². The number of anilines is 1. The Hall–Kier alpha value is -2.71. The highest BCUT2D eigenvalue weighted by Gasteiger charge is 2.18. The molecule has 0 heterocycles. The summed E-state index contributed by atoms with van der Waals surface area (Å²) < 4.78 is 24.6. The van der Waals surface area contributed by atoms with Crippen LogP contribution in [0.1, 0.15) is 22.3 Å². The Balaban J connectivity index is 1.85. The third-order valence-corrected chi connectivity index (χ3v) is 5.55. The Morgan fingerprint density at radius 3 is 2.24 bits per heavy atom. The van der Waals surface area contributed by atoms with Crippen molar-refractivity contribution in [3.63, 3.8) is 0 Å². The largest absolute Gasteiger partial charge is 0.352 e. The van der Waals surface area contributed by atoms with E-state index in [0.29, 0.717) is 23.4 Å². The number of rotatable bonds is 10. The minimum absolute atomic E-state index is 0.194. The fourth-order valence-corrected chi connectivity index (χ4v) is 3.95. The molecule has 7 nitrogen and oxygen atoms in total. The molecule has 2 amide bonds. The smallest absolute Gasteiger partial charge is 0.251 e. The SMILES string of the molecule is CN(C)CCCNC(=O)c1ccc(CS(=O)(=O)CC(=O)Nc2ccccc2)cc1. The van der Waals surface area contributed by atoms with E-state index in [9.17, 15) is 18.0 Å². The molecule has 0 atom stereocenters. The molecule has 0 unspecified atom stereocenters. The Kier molecular flexibility index (Phi) is 8.35. The van der Waals surface area contributed by atoms with Crippen molar-refractivity contribution in [2.24, 2.45) is 0 Å². The molecule has 0 aliphatic carbocycles.